The largest absolute Gasteiger partial charge is 0.454 e. The van der Waals surface area contributed by atoms with Gasteiger partial charge >= 0.3 is 0 Å². The molecule has 0 atom stereocenters. The molecule has 7 nitrogen and oxygen atoms in total. The van der Waals surface area contributed by atoms with Crippen LogP contribution in [0.5, 0.6) is 0 Å². The first-order valence-electron chi connectivity index (χ1n) is 11.0. The number of furan rings is 1. The van der Waals surface area contributed by atoms with E-state index in [0.717, 1.165) is 38.4 Å². The lowest BCUT2D eigenvalue weighted by Gasteiger charge is -2.35. The second-order valence-electron chi connectivity index (χ2n) is 9.03. The van der Waals surface area contributed by atoms with Crippen LogP contribution in [0.1, 0.15) is 62.4 Å². The van der Waals surface area contributed by atoms with Gasteiger partial charge in [-0.25, -0.2) is 4.99 Å². The van der Waals surface area contributed by atoms with Crippen LogP contribution in [0.3, 0.4) is 0 Å². The molecule has 1 aromatic heterocycles. The first-order chi connectivity index (χ1) is 14.8. The highest BCUT2D eigenvalue weighted by Gasteiger charge is 2.21. The quantitative estimate of drug-likeness (QED) is 0.487. The number of hydrogen-bond donors (Lipinski definition) is 3. The maximum atomic E-state index is 11.2. The highest BCUT2D eigenvalue weighted by atomic mass is 16.3. The number of piperidine rings is 1. The van der Waals surface area contributed by atoms with Gasteiger partial charge < -0.3 is 25.7 Å². The van der Waals surface area contributed by atoms with Crippen molar-refractivity contribution in [1.29, 1.82) is 0 Å². The normalized spacial score (nSPS) is 15.7. The Kier molecular flexibility index (Phi) is 7.25. The zero-order chi connectivity index (χ0) is 22.4. The molecule has 168 valence electrons. The van der Waals surface area contributed by atoms with Gasteiger partial charge in [0.15, 0.2) is 11.7 Å². The van der Waals surface area contributed by atoms with Crippen LogP contribution >= 0.6 is 0 Å². The molecule has 0 spiro atoms. The summed E-state index contributed by atoms with van der Waals surface area (Å²) in [6, 6.07) is 12.6. The summed E-state index contributed by atoms with van der Waals surface area (Å²) in [4.78, 5) is 18.2. The second kappa shape index (κ2) is 9.90. The van der Waals surface area contributed by atoms with Gasteiger partial charge in [-0.3, -0.25) is 4.79 Å². The molecular formula is C24H35N5O2. The highest BCUT2D eigenvalue weighted by Crippen LogP contribution is 2.26. The number of carbonyl (C=O) groups excluding carboxylic acids is 1. The molecule has 1 aliphatic rings. The summed E-state index contributed by atoms with van der Waals surface area (Å²) in [5.41, 5.74) is 8.06. The van der Waals surface area contributed by atoms with Crippen molar-refractivity contribution < 1.29 is 9.21 Å². The fraction of sp³-hybridized carbons (Fsp3) is 0.500. The van der Waals surface area contributed by atoms with Crippen LogP contribution in [0.15, 0.2) is 45.8 Å². The molecule has 1 aromatic carbocycles. The number of aliphatic imine (C=N–C) groups is 1. The molecule has 0 saturated carbocycles. The van der Waals surface area contributed by atoms with Gasteiger partial charge in [-0.05, 0) is 55.0 Å². The van der Waals surface area contributed by atoms with Crippen molar-refractivity contribution in [3.63, 3.8) is 0 Å². The van der Waals surface area contributed by atoms with Gasteiger partial charge in [0.1, 0.15) is 12.3 Å². The summed E-state index contributed by atoms with van der Waals surface area (Å²) in [7, 11) is 0. The molecule has 1 fully saturated rings. The van der Waals surface area contributed by atoms with Crippen LogP contribution in [0.2, 0.25) is 0 Å². The average molecular weight is 426 g/mol. The predicted octanol–water partition coefficient (Wildman–Crippen LogP) is 3.40. The number of nitrogens with zero attached hydrogens (tertiary/aromatic N) is 2. The molecule has 3 rings (SSSR count). The maximum Gasteiger partial charge on any atom is 0.284 e. The molecule has 0 aliphatic carbocycles. The lowest BCUT2D eigenvalue weighted by Crippen LogP contribution is -2.48. The lowest BCUT2D eigenvalue weighted by atomic mass is 9.87. The van der Waals surface area contributed by atoms with Crippen molar-refractivity contribution in [3.8, 4) is 0 Å². The summed E-state index contributed by atoms with van der Waals surface area (Å²) in [6.45, 7) is 11.9. The Bertz CT molecular complexity index is 887. The number of primary amides is 1. The van der Waals surface area contributed by atoms with E-state index in [1.54, 1.807) is 12.1 Å². The predicted molar refractivity (Wildman–Crippen MR) is 126 cm³/mol. The van der Waals surface area contributed by atoms with Crippen molar-refractivity contribution in [1.82, 2.24) is 10.6 Å². The molecule has 1 aliphatic heterocycles. The van der Waals surface area contributed by atoms with Crippen molar-refractivity contribution in [3.05, 3.63) is 53.5 Å². The zero-order valence-corrected chi connectivity index (χ0v) is 19.1. The maximum absolute atomic E-state index is 11.2. The SMILES string of the molecule is CCNC(=NCc1ccc(C(N)=O)o1)NC1CCN(c2ccc(C(C)(C)C)cc2)CC1. The van der Waals surface area contributed by atoms with Crippen LogP contribution in [0.4, 0.5) is 5.69 Å². The van der Waals surface area contributed by atoms with E-state index in [-0.39, 0.29) is 11.2 Å². The lowest BCUT2D eigenvalue weighted by molar-refractivity contribution is 0.0972. The summed E-state index contributed by atoms with van der Waals surface area (Å²) >= 11 is 0. The first kappa shape index (κ1) is 22.7. The van der Waals surface area contributed by atoms with Crippen LogP contribution in [0, 0.1) is 0 Å². The van der Waals surface area contributed by atoms with E-state index in [1.165, 1.54) is 11.3 Å². The Morgan fingerprint density at radius 1 is 1.16 bits per heavy atom. The Balaban J connectivity index is 1.54. The van der Waals surface area contributed by atoms with Gasteiger partial charge in [-0.2, -0.15) is 0 Å². The van der Waals surface area contributed by atoms with Crippen LogP contribution in [-0.4, -0.2) is 37.5 Å². The van der Waals surface area contributed by atoms with E-state index in [1.807, 2.05) is 6.92 Å². The van der Waals surface area contributed by atoms with Gasteiger partial charge in [0.05, 0.1) is 0 Å². The number of rotatable bonds is 6. The summed E-state index contributed by atoms with van der Waals surface area (Å²) in [5, 5.41) is 6.82. The third-order valence-corrected chi connectivity index (χ3v) is 5.58. The molecule has 7 heteroatoms. The van der Waals surface area contributed by atoms with E-state index in [4.69, 9.17) is 10.2 Å². The molecule has 0 bridgehead atoms. The first-order valence-corrected chi connectivity index (χ1v) is 11.0. The third-order valence-electron chi connectivity index (χ3n) is 5.58. The molecule has 4 N–H and O–H groups in total. The van der Waals surface area contributed by atoms with Crippen LogP contribution < -0.4 is 21.3 Å². The Hall–Kier alpha value is -2.96. The number of guanidine groups is 1. The van der Waals surface area contributed by atoms with Gasteiger partial charge in [-0.1, -0.05) is 32.9 Å². The number of hydrogen-bond acceptors (Lipinski definition) is 4. The Labute approximate surface area is 185 Å². The minimum Gasteiger partial charge on any atom is -0.454 e. The van der Waals surface area contributed by atoms with Gasteiger partial charge in [0.2, 0.25) is 0 Å². The van der Waals surface area contributed by atoms with Crippen LogP contribution in [0.25, 0.3) is 0 Å². The van der Waals surface area contributed by atoms with Crippen molar-refractivity contribution >= 4 is 17.6 Å². The van der Waals surface area contributed by atoms with E-state index >= 15 is 0 Å². The van der Waals surface area contributed by atoms with Crippen LogP contribution in [-0.2, 0) is 12.0 Å². The smallest absolute Gasteiger partial charge is 0.284 e. The van der Waals surface area contributed by atoms with Crippen molar-refractivity contribution in [2.24, 2.45) is 10.7 Å². The number of benzene rings is 1. The molecule has 0 unspecified atom stereocenters. The third kappa shape index (κ3) is 6.26. The van der Waals surface area contributed by atoms with Gasteiger partial charge in [-0.15, -0.1) is 0 Å². The number of anilines is 1. The van der Waals surface area contributed by atoms with E-state index in [9.17, 15) is 4.79 Å². The van der Waals surface area contributed by atoms with Crippen molar-refractivity contribution in [2.45, 2.75) is 58.5 Å². The average Bonchev–Trinajstić information content (AvgIpc) is 3.22. The number of amides is 1. The fourth-order valence-electron chi connectivity index (χ4n) is 3.72. The number of carbonyl (C=O) groups is 1. The zero-order valence-electron chi connectivity index (χ0n) is 19.1. The molecule has 2 aromatic rings. The summed E-state index contributed by atoms with van der Waals surface area (Å²) < 4.78 is 5.41. The Morgan fingerprint density at radius 3 is 2.39 bits per heavy atom. The van der Waals surface area contributed by atoms with E-state index < -0.39 is 5.91 Å². The van der Waals surface area contributed by atoms with E-state index in [2.05, 4.69) is 65.6 Å². The fourth-order valence-corrected chi connectivity index (χ4v) is 3.72. The minimum absolute atomic E-state index is 0.158. The monoisotopic (exact) mass is 425 g/mol. The molecule has 1 saturated heterocycles. The molecule has 2 heterocycles. The molecule has 0 radical (unpaired) electrons. The number of nitrogens with two attached hydrogens (primary N) is 1. The highest BCUT2D eigenvalue weighted by molar-refractivity contribution is 5.89. The Morgan fingerprint density at radius 2 is 1.84 bits per heavy atom. The van der Waals surface area contributed by atoms with Gasteiger partial charge in [0, 0.05) is 31.4 Å². The van der Waals surface area contributed by atoms with Crippen molar-refractivity contribution in [2.75, 3.05) is 24.5 Å². The summed E-state index contributed by atoms with van der Waals surface area (Å²) in [6.07, 6.45) is 2.08. The molecular weight excluding hydrogens is 390 g/mol. The van der Waals surface area contributed by atoms with E-state index in [0.29, 0.717) is 18.3 Å². The molecule has 31 heavy (non-hydrogen) atoms. The number of nitrogens with one attached hydrogen (secondary N) is 2. The molecule has 1 amide bonds. The van der Waals surface area contributed by atoms with Gasteiger partial charge in [0.25, 0.3) is 5.91 Å². The standard InChI is InChI=1S/C24H35N5O2/c1-5-26-23(27-16-20-10-11-21(31-20)22(25)30)28-18-12-14-29(15-13-18)19-8-6-17(7-9-19)24(2,3)4/h6-11,18H,5,12-16H2,1-4H3,(H2,25,30)(H2,26,27,28). The second-order valence-corrected chi connectivity index (χ2v) is 9.03. The topological polar surface area (TPSA) is 95.9 Å². The minimum atomic E-state index is -0.569. The summed E-state index contributed by atoms with van der Waals surface area (Å²) in [5.74, 6) is 0.957.